The molecular formula is C31H37N5O7S. The Kier molecular flexibility index (Phi) is 13.6. The van der Waals surface area contributed by atoms with Crippen LogP contribution in [0.2, 0.25) is 0 Å². The van der Waals surface area contributed by atoms with Gasteiger partial charge in [-0.25, -0.2) is 4.98 Å². The second kappa shape index (κ2) is 18.1. The Balaban J connectivity index is 1.18. The highest BCUT2D eigenvalue weighted by atomic mass is 32.2. The van der Waals surface area contributed by atoms with Crippen LogP contribution in [0, 0.1) is 0 Å². The topological polar surface area (TPSA) is 146 Å². The Morgan fingerprint density at radius 1 is 0.864 bits per heavy atom. The molecule has 2 aromatic carbocycles. The number of pyridine rings is 1. The molecule has 234 valence electrons. The third kappa shape index (κ3) is 10.1. The number of amides is 2. The van der Waals surface area contributed by atoms with Gasteiger partial charge >= 0.3 is 0 Å². The maximum Gasteiger partial charge on any atom is 0.252 e. The van der Waals surface area contributed by atoms with Gasteiger partial charge in [0.25, 0.3) is 11.8 Å². The minimum atomic E-state index is -0.310. The third-order valence-corrected chi connectivity index (χ3v) is 7.27. The van der Waals surface area contributed by atoms with Gasteiger partial charge < -0.3 is 34.3 Å². The van der Waals surface area contributed by atoms with Crippen LogP contribution in [0.3, 0.4) is 0 Å². The van der Waals surface area contributed by atoms with E-state index in [9.17, 15) is 9.59 Å². The predicted octanol–water partition coefficient (Wildman–Crippen LogP) is 3.79. The van der Waals surface area contributed by atoms with Gasteiger partial charge in [-0.3, -0.25) is 14.7 Å². The molecule has 12 nitrogen and oxygen atoms in total. The first-order valence-electron chi connectivity index (χ1n) is 14.1. The maximum atomic E-state index is 12.2. The average Bonchev–Trinajstić information content (AvgIpc) is 3.47. The summed E-state index contributed by atoms with van der Waals surface area (Å²) in [5, 5.41) is 13.9. The molecule has 0 saturated heterocycles. The summed E-state index contributed by atoms with van der Waals surface area (Å²) in [7, 11) is 3.25. The van der Waals surface area contributed by atoms with Crippen molar-refractivity contribution < 1.29 is 33.3 Å². The molecule has 0 aliphatic rings. The van der Waals surface area contributed by atoms with E-state index in [1.807, 2.05) is 42.5 Å². The smallest absolute Gasteiger partial charge is 0.252 e. The van der Waals surface area contributed by atoms with Crippen LogP contribution in [-0.2, 0) is 28.5 Å². The SMILES string of the molecule is CNC(=O)c1ccccc1Sc1ccc2c(-c3ccc(NC(=O)COCCOCCOCCOCCOC)nc3)n[nH]c2c1. The molecule has 0 fully saturated rings. The van der Waals surface area contributed by atoms with Crippen LogP contribution in [0.25, 0.3) is 22.2 Å². The fraction of sp³-hybridized carbons (Fsp3) is 0.355. The van der Waals surface area contributed by atoms with Crippen molar-refractivity contribution in [2.24, 2.45) is 0 Å². The van der Waals surface area contributed by atoms with Crippen LogP contribution in [0.15, 0.2) is 70.6 Å². The number of anilines is 1. The van der Waals surface area contributed by atoms with Crippen molar-refractivity contribution in [3.05, 3.63) is 66.4 Å². The number of carbonyl (C=O) groups excluding carboxylic acids is 2. The Labute approximate surface area is 260 Å². The monoisotopic (exact) mass is 623 g/mol. The number of H-pyrrole nitrogens is 1. The molecule has 0 bridgehead atoms. The van der Waals surface area contributed by atoms with Crippen molar-refractivity contribution in [3.8, 4) is 11.3 Å². The second-order valence-electron chi connectivity index (χ2n) is 9.32. The molecule has 0 spiro atoms. The van der Waals surface area contributed by atoms with Gasteiger partial charge in [0.15, 0.2) is 0 Å². The Hall–Kier alpha value is -3.85. The van der Waals surface area contributed by atoms with E-state index >= 15 is 0 Å². The van der Waals surface area contributed by atoms with E-state index in [0.29, 0.717) is 57.6 Å². The number of aromatic amines is 1. The van der Waals surface area contributed by atoms with Crippen LogP contribution >= 0.6 is 11.8 Å². The van der Waals surface area contributed by atoms with E-state index in [4.69, 9.17) is 23.7 Å². The second-order valence-corrected chi connectivity index (χ2v) is 10.4. The number of fused-ring (bicyclic) bond motifs is 1. The normalized spacial score (nSPS) is 11.1. The molecule has 4 rings (SSSR count). The van der Waals surface area contributed by atoms with E-state index in [-0.39, 0.29) is 25.0 Å². The van der Waals surface area contributed by atoms with Gasteiger partial charge in [0, 0.05) is 41.1 Å². The molecule has 2 amide bonds. The van der Waals surface area contributed by atoms with Gasteiger partial charge in [-0.2, -0.15) is 5.10 Å². The van der Waals surface area contributed by atoms with E-state index in [1.165, 1.54) is 11.8 Å². The Morgan fingerprint density at radius 2 is 1.57 bits per heavy atom. The zero-order valence-corrected chi connectivity index (χ0v) is 25.6. The summed E-state index contributed by atoms with van der Waals surface area (Å²) in [5.74, 6) is -0.0254. The van der Waals surface area contributed by atoms with Gasteiger partial charge in [-0.05, 0) is 42.5 Å². The number of ether oxygens (including phenoxy) is 5. The van der Waals surface area contributed by atoms with E-state index < -0.39 is 0 Å². The lowest BCUT2D eigenvalue weighted by Crippen LogP contribution is -2.20. The largest absolute Gasteiger partial charge is 0.382 e. The first kappa shape index (κ1) is 33.1. The van der Waals surface area contributed by atoms with Crippen molar-refractivity contribution in [1.82, 2.24) is 20.5 Å². The Morgan fingerprint density at radius 3 is 2.25 bits per heavy atom. The summed E-state index contributed by atoms with van der Waals surface area (Å²) in [5.41, 5.74) is 3.03. The predicted molar refractivity (Wildman–Crippen MR) is 167 cm³/mol. The first-order valence-corrected chi connectivity index (χ1v) is 14.9. The summed E-state index contributed by atoms with van der Waals surface area (Å²) in [6.45, 7) is 3.54. The molecule has 44 heavy (non-hydrogen) atoms. The van der Waals surface area contributed by atoms with E-state index in [0.717, 1.165) is 32.0 Å². The number of rotatable bonds is 19. The molecule has 0 saturated carbocycles. The summed E-state index contributed by atoms with van der Waals surface area (Å²) < 4.78 is 26.4. The zero-order chi connectivity index (χ0) is 31.0. The summed E-state index contributed by atoms with van der Waals surface area (Å²) >= 11 is 1.51. The molecule has 2 aromatic heterocycles. The number of benzene rings is 2. The lowest BCUT2D eigenvalue weighted by atomic mass is 10.1. The van der Waals surface area contributed by atoms with Gasteiger partial charge in [0.1, 0.15) is 18.1 Å². The molecule has 13 heteroatoms. The van der Waals surface area contributed by atoms with Gasteiger partial charge in [0.05, 0.1) is 63.9 Å². The number of carbonyl (C=O) groups is 2. The molecule has 0 aliphatic carbocycles. The quantitative estimate of drug-likeness (QED) is 0.132. The van der Waals surface area contributed by atoms with Gasteiger partial charge in [-0.1, -0.05) is 23.9 Å². The van der Waals surface area contributed by atoms with Crippen molar-refractivity contribution >= 4 is 40.3 Å². The highest BCUT2D eigenvalue weighted by molar-refractivity contribution is 7.99. The number of aromatic nitrogens is 3. The molecule has 0 aliphatic heterocycles. The molecule has 4 aromatic rings. The van der Waals surface area contributed by atoms with Crippen molar-refractivity contribution in [2.45, 2.75) is 9.79 Å². The van der Waals surface area contributed by atoms with Crippen molar-refractivity contribution in [1.29, 1.82) is 0 Å². The summed E-state index contributed by atoms with van der Waals surface area (Å²) in [4.78, 5) is 30.7. The van der Waals surface area contributed by atoms with E-state index in [2.05, 4.69) is 25.8 Å². The highest BCUT2D eigenvalue weighted by Gasteiger charge is 2.13. The average molecular weight is 624 g/mol. The zero-order valence-electron chi connectivity index (χ0n) is 24.8. The lowest BCUT2D eigenvalue weighted by Gasteiger charge is -2.08. The number of methoxy groups -OCH3 is 1. The molecule has 2 heterocycles. The van der Waals surface area contributed by atoms with Crippen LogP contribution < -0.4 is 10.6 Å². The number of hydrogen-bond donors (Lipinski definition) is 3. The highest BCUT2D eigenvalue weighted by Crippen LogP contribution is 2.34. The first-order chi connectivity index (χ1) is 21.6. The molecule has 0 atom stereocenters. The molecule has 0 unspecified atom stereocenters. The molecule has 0 radical (unpaired) electrons. The minimum absolute atomic E-state index is 0.111. The fourth-order valence-electron chi connectivity index (χ4n) is 4.04. The van der Waals surface area contributed by atoms with Crippen LogP contribution in [0.5, 0.6) is 0 Å². The van der Waals surface area contributed by atoms with Crippen molar-refractivity contribution in [3.63, 3.8) is 0 Å². The maximum absolute atomic E-state index is 12.2. The number of nitrogens with one attached hydrogen (secondary N) is 3. The lowest BCUT2D eigenvalue weighted by molar-refractivity contribution is -0.121. The van der Waals surface area contributed by atoms with Crippen molar-refractivity contribution in [2.75, 3.05) is 78.9 Å². The van der Waals surface area contributed by atoms with Crippen LogP contribution in [0.1, 0.15) is 10.4 Å². The third-order valence-electron chi connectivity index (χ3n) is 6.21. The number of hydrogen-bond acceptors (Lipinski definition) is 10. The molecular weight excluding hydrogens is 586 g/mol. The minimum Gasteiger partial charge on any atom is -0.382 e. The van der Waals surface area contributed by atoms with Crippen LogP contribution in [-0.4, -0.2) is 101 Å². The fourth-order valence-corrected chi connectivity index (χ4v) is 5.02. The Bertz CT molecular complexity index is 1480. The number of nitrogens with zero attached hydrogens (tertiary/aromatic N) is 2. The van der Waals surface area contributed by atoms with Gasteiger partial charge in [0.2, 0.25) is 0 Å². The van der Waals surface area contributed by atoms with E-state index in [1.54, 1.807) is 32.5 Å². The van der Waals surface area contributed by atoms with Crippen LogP contribution in [0.4, 0.5) is 5.82 Å². The van der Waals surface area contributed by atoms with Gasteiger partial charge in [-0.15, -0.1) is 0 Å². The summed E-state index contributed by atoms with van der Waals surface area (Å²) in [6, 6.07) is 17.0. The standard InChI is InChI=1S/C31H37N5O7S/c1-32-31(38)25-5-3-4-6-27(25)44-23-8-9-24-26(19-23)35-36-30(24)22-7-10-28(33-20-22)34-29(37)21-43-18-17-42-16-15-41-14-13-40-12-11-39-2/h3-10,19-20H,11-18,21H2,1-2H3,(H,32,38)(H,35,36)(H,33,34,37). The summed E-state index contributed by atoms with van der Waals surface area (Å²) in [6.07, 6.45) is 1.66. The molecule has 3 N–H and O–H groups in total.